The lowest BCUT2D eigenvalue weighted by Crippen LogP contribution is -2.62. The molecular weight excluding hydrogens is 340 g/mol. The average molecular weight is 381 g/mol. The van der Waals surface area contributed by atoms with Gasteiger partial charge in [0, 0.05) is 0 Å². The SMILES string of the molecule is CC.CCC(C)(C)C(=O)OCC(=O)OC1(C(C)C)C2CC3CC(C2)CC1C3. The molecule has 0 amide bonds. The summed E-state index contributed by atoms with van der Waals surface area (Å²) in [5, 5.41) is 0. The smallest absolute Gasteiger partial charge is 0.344 e. The predicted molar refractivity (Wildman–Crippen MR) is 107 cm³/mol. The topological polar surface area (TPSA) is 52.6 Å². The normalized spacial score (nSPS) is 34.1. The van der Waals surface area contributed by atoms with Crippen LogP contribution >= 0.6 is 0 Å². The molecule has 0 spiro atoms. The van der Waals surface area contributed by atoms with Gasteiger partial charge in [0.2, 0.25) is 0 Å². The van der Waals surface area contributed by atoms with Gasteiger partial charge < -0.3 is 9.47 Å². The third-order valence-corrected chi connectivity index (χ3v) is 7.36. The summed E-state index contributed by atoms with van der Waals surface area (Å²) in [6.45, 7) is 13.7. The van der Waals surface area contributed by atoms with E-state index >= 15 is 0 Å². The molecule has 4 aliphatic carbocycles. The zero-order valence-electron chi connectivity index (χ0n) is 18.5. The van der Waals surface area contributed by atoms with Gasteiger partial charge in [-0.15, -0.1) is 0 Å². The Labute approximate surface area is 165 Å². The molecular formula is C23H40O4. The highest BCUT2D eigenvalue weighted by Gasteiger charge is 2.60. The van der Waals surface area contributed by atoms with E-state index in [1.54, 1.807) is 0 Å². The lowest BCUT2D eigenvalue weighted by molar-refractivity contribution is -0.228. The maximum atomic E-state index is 12.6. The van der Waals surface area contributed by atoms with Crippen LogP contribution in [0.25, 0.3) is 0 Å². The molecule has 156 valence electrons. The molecule has 0 saturated heterocycles. The zero-order chi connectivity index (χ0) is 20.4. The Morgan fingerprint density at radius 1 is 1.00 bits per heavy atom. The van der Waals surface area contributed by atoms with E-state index in [9.17, 15) is 9.59 Å². The number of hydrogen-bond donors (Lipinski definition) is 0. The van der Waals surface area contributed by atoms with E-state index in [0.29, 0.717) is 24.2 Å². The fourth-order valence-corrected chi connectivity index (χ4v) is 5.84. The van der Waals surface area contributed by atoms with Crippen LogP contribution in [0, 0.1) is 35.0 Å². The summed E-state index contributed by atoms with van der Waals surface area (Å²) in [7, 11) is 0. The van der Waals surface area contributed by atoms with Crippen LogP contribution in [-0.2, 0) is 19.1 Å². The monoisotopic (exact) mass is 380 g/mol. The third-order valence-electron chi connectivity index (χ3n) is 7.36. The van der Waals surface area contributed by atoms with Crippen LogP contribution in [-0.4, -0.2) is 24.1 Å². The van der Waals surface area contributed by atoms with Crippen LogP contribution in [0.2, 0.25) is 0 Å². The Bertz CT molecular complexity index is 506. The molecule has 4 fully saturated rings. The van der Waals surface area contributed by atoms with Gasteiger partial charge in [0.05, 0.1) is 5.41 Å². The molecule has 0 aromatic rings. The van der Waals surface area contributed by atoms with Crippen molar-refractivity contribution in [2.24, 2.45) is 35.0 Å². The lowest BCUT2D eigenvalue weighted by atomic mass is 9.47. The summed E-state index contributed by atoms with van der Waals surface area (Å²) in [5.74, 6) is 2.23. The van der Waals surface area contributed by atoms with E-state index in [4.69, 9.17) is 9.47 Å². The molecule has 0 heterocycles. The zero-order valence-corrected chi connectivity index (χ0v) is 18.5. The number of rotatable bonds is 6. The van der Waals surface area contributed by atoms with E-state index in [1.807, 2.05) is 34.6 Å². The van der Waals surface area contributed by atoms with Gasteiger partial charge in [-0.25, -0.2) is 4.79 Å². The van der Waals surface area contributed by atoms with Crippen LogP contribution in [0.1, 0.15) is 87.0 Å². The maximum absolute atomic E-state index is 12.6. The fraction of sp³-hybridized carbons (Fsp3) is 0.913. The van der Waals surface area contributed by atoms with E-state index < -0.39 is 5.41 Å². The lowest BCUT2D eigenvalue weighted by Gasteiger charge is -2.61. The summed E-state index contributed by atoms with van der Waals surface area (Å²) < 4.78 is 11.4. The van der Waals surface area contributed by atoms with Crippen LogP contribution in [0.3, 0.4) is 0 Å². The third kappa shape index (κ3) is 4.19. The largest absolute Gasteiger partial charge is 0.456 e. The van der Waals surface area contributed by atoms with Crippen molar-refractivity contribution in [3.63, 3.8) is 0 Å². The number of ether oxygens (including phenoxy) is 2. The Balaban J connectivity index is 0.00000126. The molecule has 0 unspecified atom stereocenters. The minimum Gasteiger partial charge on any atom is -0.456 e. The highest BCUT2D eigenvalue weighted by atomic mass is 16.6. The molecule has 0 aromatic carbocycles. The van der Waals surface area contributed by atoms with Gasteiger partial charge in [0.15, 0.2) is 6.61 Å². The Hall–Kier alpha value is -1.06. The fourth-order valence-electron chi connectivity index (χ4n) is 5.84. The van der Waals surface area contributed by atoms with Crippen molar-refractivity contribution in [2.75, 3.05) is 6.61 Å². The molecule has 4 rings (SSSR count). The molecule has 4 bridgehead atoms. The molecule has 0 atom stereocenters. The average Bonchev–Trinajstić information content (AvgIpc) is 2.63. The first-order valence-electron chi connectivity index (χ1n) is 11.1. The second kappa shape index (κ2) is 8.53. The van der Waals surface area contributed by atoms with Gasteiger partial charge >= 0.3 is 11.9 Å². The van der Waals surface area contributed by atoms with Gasteiger partial charge in [-0.1, -0.05) is 34.6 Å². The van der Waals surface area contributed by atoms with Gasteiger partial charge in [-0.3, -0.25) is 4.79 Å². The summed E-state index contributed by atoms with van der Waals surface area (Å²) in [5.41, 5.74) is -0.907. The first-order valence-corrected chi connectivity index (χ1v) is 11.1. The van der Waals surface area contributed by atoms with Crippen LogP contribution in [0.15, 0.2) is 0 Å². The molecule has 0 aromatic heterocycles. The summed E-state index contributed by atoms with van der Waals surface area (Å²) in [4.78, 5) is 24.7. The number of hydrogen-bond acceptors (Lipinski definition) is 4. The van der Waals surface area contributed by atoms with Crippen LogP contribution < -0.4 is 0 Å². The van der Waals surface area contributed by atoms with E-state index in [2.05, 4.69) is 13.8 Å². The second-order valence-corrected chi connectivity index (χ2v) is 9.60. The van der Waals surface area contributed by atoms with Crippen LogP contribution in [0.4, 0.5) is 0 Å². The Morgan fingerprint density at radius 2 is 1.48 bits per heavy atom. The van der Waals surface area contributed by atoms with E-state index in [1.165, 1.54) is 32.1 Å². The van der Waals surface area contributed by atoms with Gasteiger partial charge in [-0.2, -0.15) is 0 Å². The minimum absolute atomic E-state index is 0.261. The van der Waals surface area contributed by atoms with Crippen molar-refractivity contribution in [1.82, 2.24) is 0 Å². The van der Waals surface area contributed by atoms with Crippen molar-refractivity contribution in [3.8, 4) is 0 Å². The van der Waals surface area contributed by atoms with Crippen molar-refractivity contribution < 1.29 is 19.1 Å². The number of carbonyl (C=O) groups is 2. The highest BCUT2D eigenvalue weighted by molar-refractivity contribution is 5.80. The van der Waals surface area contributed by atoms with Crippen molar-refractivity contribution in [2.45, 2.75) is 92.6 Å². The summed E-state index contributed by atoms with van der Waals surface area (Å²) >= 11 is 0. The highest BCUT2D eigenvalue weighted by Crippen LogP contribution is 2.61. The molecule has 4 saturated carbocycles. The molecule has 4 nitrogen and oxygen atoms in total. The molecule has 0 N–H and O–H groups in total. The van der Waals surface area contributed by atoms with Gasteiger partial charge in [0.25, 0.3) is 0 Å². The Morgan fingerprint density at radius 3 is 1.89 bits per heavy atom. The van der Waals surface area contributed by atoms with E-state index in [-0.39, 0.29) is 24.1 Å². The van der Waals surface area contributed by atoms with Crippen molar-refractivity contribution in [3.05, 3.63) is 0 Å². The van der Waals surface area contributed by atoms with Crippen molar-refractivity contribution >= 4 is 11.9 Å². The van der Waals surface area contributed by atoms with Gasteiger partial charge in [0.1, 0.15) is 5.60 Å². The summed E-state index contributed by atoms with van der Waals surface area (Å²) in [6.07, 6.45) is 6.84. The first kappa shape index (κ1) is 22.2. The predicted octanol–water partition coefficient (Wildman–Crippen LogP) is 5.39. The molecule has 0 radical (unpaired) electrons. The summed E-state index contributed by atoms with van der Waals surface area (Å²) in [6, 6.07) is 0. The number of carbonyl (C=O) groups excluding carboxylic acids is 2. The minimum atomic E-state index is -0.557. The quantitative estimate of drug-likeness (QED) is 0.580. The van der Waals surface area contributed by atoms with Crippen molar-refractivity contribution in [1.29, 1.82) is 0 Å². The Kier molecular flexibility index (Phi) is 7.02. The molecule has 27 heavy (non-hydrogen) atoms. The first-order chi connectivity index (χ1) is 12.7. The standard InChI is InChI=1S/C21H34O4.C2H6/c1-6-20(4,5)19(23)24-12-18(22)25-21(13(2)3)16-8-14-7-15(10-16)11-17(21)9-14;1-2/h13-17H,6-12H2,1-5H3;1-2H3. The second-order valence-electron chi connectivity index (χ2n) is 9.60. The van der Waals surface area contributed by atoms with Gasteiger partial charge in [-0.05, 0) is 82.0 Å². The van der Waals surface area contributed by atoms with E-state index in [0.717, 1.165) is 11.8 Å². The molecule has 4 aliphatic rings. The van der Waals surface area contributed by atoms with Crippen LogP contribution in [0.5, 0.6) is 0 Å². The maximum Gasteiger partial charge on any atom is 0.344 e. The number of esters is 2. The molecule has 4 heteroatoms. The molecule has 0 aliphatic heterocycles.